The summed E-state index contributed by atoms with van der Waals surface area (Å²) in [6.45, 7) is 8.92. The first-order valence-corrected chi connectivity index (χ1v) is 10.5. The Morgan fingerprint density at radius 2 is 2.11 bits per heavy atom. The molecule has 3 rings (SSSR count). The van der Waals surface area contributed by atoms with Crippen molar-refractivity contribution in [2.24, 2.45) is 0 Å². The molecule has 2 N–H and O–H groups in total. The van der Waals surface area contributed by atoms with Crippen molar-refractivity contribution in [1.82, 2.24) is 4.98 Å². The van der Waals surface area contributed by atoms with Crippen LogP contribution in [0.5, 0.6) is 0 Å². The van der Waals surface area contributed by atoms with Gasteiger partial charge in [-0.05, 0) is 24.6 Å². The molecule has 5 heteroatoms. The Bertz CT molecular complexity index is 1050. The van der Waals surface area contributed by atoms with Crippen LogP contribution in [-0.4, -0.2) is 18.7 Å². The summed E-state index contributed by atoms with van der Waals surface area (Å²) < 4.78 is 7.20. The van der Waals surface area contributed by atoms with Gasteiger partial charge in [-0.25, -0.2) is 4.98 Å². The van der Waals surface area contributed by atoms with Gasteiger partial charge in [0.1, 0.15) is 5.82 Å². The van der Waals surface area contributed by atoms with Gasteiger partial charge in [0, 0.05) is 45.7 Å². The fraction of sp³-hybridized carbons (Fsp3) is 0.261. The summed E-state index contributed by atoms with van der Waals surface area (Å²) in [7, 11) is 1.73. The summed E-state index contributed by atoms with van der Waals surface area (Å²) in [6.07, 6.45) is 10.00. The molecule has 0 aliphatic rings. The van der Waals surface area contributed by atoms with Gasteiger partial charge in [0.25, 0.3) is 0 Å². The van der Waals surface area contributed by atoms with Gasteiger partial charge in [-0.2, -0.15) is 0 Å². The second-order valence-electron chi connectivity index (χ2n) is 6.19. The predicted molar refractivity (Wildman–Crippen MR) is 125 cm³/mol. The lowest BCUT2D eigenvalue weighted by Crippen LogP contribution is -2.17. The fourth-order valence-corrected chi connectivity index (χ4v) is 4.23. The van der Waals surface area contributed by atoms with Crippen LogP contribution in [-0.2, 0) is 4.74 Å². The van der Waals surface area contributed by atoms with Crippen molar-refractivity contribution < 1.29 is 4.74 Å². The van der Waals surface area contributed by atoms with Crippen LogP contribution in [0.1, 0.15) is 26.7 Å². The van der Waals surface area contributed by atoms with Crippen LogP contribution in [0.2, 0.25) is 5.02 Å². The van der Waals surface area contributed by atoms with Gasteiger partial charge in [0.05, 0.1) is 5.02 Å². The van der Waals surface area contributed by atoms with E-state index in [0.29, 0.717) is 10.8 Å². The Kier molecular flexibility index (Phi) is 8.71. The monoisotopic (exact) mass is 414 g/mol. The van der Waals surface area contributed by atoms with E-state index >= 15 is 0 Å². The maximum Gasteiger partial charge on any atom is 0.124 e. The number of hydrogen-bond acceptors (Lipinski definition) is 4. The molecule has 3 aromatic rings. The zero-order valence-electron chi connectivity index (χ0n) is 16.7. The highest BCUT2D eigenvalue weighted by Gasteiger charge is 2.11. The van der Waals surface area contributed by atoms with Gasteiger partial charge in [-0.3, -0.25) is 0 Å². The van der Waals surface area contributed by atoms with Crippen LogP contribution in [0.4, 0.5) is 5.82 Å². The first-order valence-electron chi connectivity index (χ1n) is 9.28. The number of thiophene rings is 1. The van der Waals surface area contributed by atoms with Crippen molar-refractivity contribution in [3.63, 3.8) is 0 Å². The fourth-order valence-electron chi connectivity index (χ4n) is 2.82. The van der Waals surface area contributed by atoms with Gasteiger partial charge in [-0.1, -0.05) is 68.0 Å². The number of anilines is 1. The number of halogens is 1. The highest BCUT2D eigenvalue weighted by molar-refractivity contribution is 7.17. The van der Waals surface area contributed by atoms with Crippen molar-refractivity contribution in [1.29, 1.82) is 0 Å². The van der Waals surface area contributed by atoms with E-state index < -0.39 is 0 Å². The average molecular weight is 415 g/mol. The SMILES string of the molecule is C=C/C=c1\c(=C/C)sc2c(-c3cc(N)ncc3Cl)cccc12.CCCCOC. The molecule has 0 aliphatic carbocycles. The van der Waals surface area contributed by atoms with E-state index in [9.17, 15) is 0 Å². The van der Waals surface area contributed by atoms with E-state index in [-0.39, 0.29) is 0 Å². The zero-order chi connectivity index (χ0) is 20.5. The zero-order valence-corrected chi connectivity index (χ0v) is 18.2. The molecule has 0 amide bonds. The Labute approximate surface area is 175 Å². The van der Waals surface area contributed by atoms with E-state index in [1.54, 1.807) is 24.6 Å². The Hall–Kier alpha value is -2.14. The Morgan fingerprint density at radius 3 is 2.71 bits per heavy atom. The number of aromatic nitrogens is 1. The number of nitrogen functional groups attached to an aromatic ring is 1. The van der Waals surface area contributed by atoms with Crippen LogP contribution < -0.4 is 15.5 Å². The lowest BCUT2D eigenvalue weighted by molar-refractivity contribution is 0.194. The minimum absolute atomic E-state index is 0.466. The quantitative estimate of drug-likeness (QED) is 0.568. The molecule has 28 heavy (non-hydrogen) atoms. The van der Waals surface area contributed by atoms with Gasteiger partial charge in [0.2, 0.25) is 0 Å². The van der Waals surface area contributed by atoms with Gasteiger partial charge < -0.3 is 10.5 Å². The molecular weight excluding hydrogens is 388 g/mol. The molecule has 0 atom stereocenters. The number of allylic oxidation sites excluding steroid dienone is 1. The van der Waals surface area contributed by atoms with E-state index in [1.807, 2.05) is 31.2 Å². The molecule has 0 aliphatic heterocycles. The molecule has 2 heterocycles. The van der Waals surface area contributed by atoms with Gasteiger partial charge in [-0.15, -0.1) is 11.3 Å². The standard InChI is InChI=1S/C18H15ClN2S.C5H12O/c1-3-6-11-12-7-5-8-13(18(12)22-16(11)4-2)14-9-17(20)21-10-15(14)19;1-3-4-5-6-2/h3-10H,1H2,2H3,(H2,20,21);3-5H2,1-2H3/b11-6-,16-4+;. The third-order valence-corrected chi connectivity index (χ3v) is 5.82. The van der Waals surface area contributed by atoms with Crippen molar-refractivity contribution in [3.8, 4) is 11.1 Å². The smallest absolute Gasteiger partial charge is 0.124 e. The lowest BCUT2D eigenvalue weighted by atomic mass is 10.0. The number of hydrogen-bond donors (Lipinski definition) is 1. The predicted octanol–water partition coefficient (Wildman–Crippen LogP) is 5.40. The van der Waals surface area contributed by atoms with Crippen molar-refractivity contribution in [3.05, 3.63) is 57.9 Å². The average Bonchev–Trinajstić information content (AvgIpc) is 3.07. The summed E-state index contributed by atoms with van der Waals surface area (Å²) in [5, 5.41) is 2.99. The lowest BCUT2D eigenvalue weighted by Gasteiger charge is -2.06. The summed E-state index contributed by atoms with van der Waals surface area (Å²) in [5.41, 5.74) is 7.81. The number of nitrogens with two attached hydrogens (primary N) is 1. The Morgan fingerprint density at radius 1 is 1.32 bits per heavy atom. The number of benzene rings is 1. The molecule has 0 bridgehead atoms. The van der Waals surface area contributed by atoms with Crippen LogP contribution >= 0.6 is 22.9 Å². The minimum atomic E-state index is 0.466. The first kappa shape index (κ1) is 22.2. The van der Waals surface area contributed by atoms with Crippen molar-refractivity contribution in [2.45, 2.75) is 26.7 Å². The van der Waals surface area contributed by atoms with E-state index in [2.05, 4.69) is 36.7 Å². The largest absolute Gasteiger partial charge is 0.385 e. The first-order chi connectivity index (χ1) is 13.6. The van der Waals surface area contributed by atoms with E-state index in [4.69, 9.17) is 22.1 Å². The molecule has 0 spiro atoms. The number of ether oxygens (including phenoxy) is 1. The third-order valence-electron chi connectivity index (χ3n) is 4.20. The van der Waals surface area contributed by atoms with E-state index in [0.717, 1.165) is 17.7 Å². The summed E-state index contributed by atoms with van der Waals surface area (Å²) in [4.78, 5) is 4.04. The second kappa shape index (κ2) is 11.0. The summed E-state index contributed by atoms with van der Waals surface area (Å²) in [5.74, 6) is 0.466. The third kappa shape index (κ3) is 5.22. The van der Waals surface area contributed by atoms with Crippen LogP contribution in [0.25, 0.3) is 33.4 Å². The van der Waals surface area contributed by atoms with Crippen molar-refractivity contribution >= 4 is 51.0 Å². The number of nitrogens with zero attached hydrogens (tertiary/aromatic N) is 1. The molecule has 3 nitrogen and oxygen atoms in total. The van der Waals surface area contributed by atoms with Crippen LogP contribution in [0.15, 0.2) is 43.1 Å². The molecule has 1 aromatic carbocycles. The number of pyridine rings is 1. The molecule has 0 fully saturated rings. The summed E-state index contributed by atoms with van der Waals surface area (Å²) in [6, 6.07) is 8.05. The topological polar surface area (TPSA) is 48.1 Å². The van der Waals surface area contributed by atoms with Gasteiger partial charge >= 0.3 is 0 Å². The highest BCUT2D eigenvalue weighted by atomic mass is 35.5. The molecule has 2 aromatic heterocycles. The molecular formula is C23H27ClN2OS. The van der Waals surface area contributed by atoms with Crippen LogP contribution in [0.3, 0.4) is 0 Å². The molecule has 0 radical (unpaired) electrons. The van der Waals surface area contributed by atoms with E-state index in [1.165, 1.54) is 32.7 Å². The maximum atomic E-state index is 6.33. The number of methoxy groups -OCH3 is 1. The highest BCUT2D eigenvalue weighted by Crippen LogP contribution is 2.34. The summed E-state index contributed by atoms with van der Waals surface area (Å²) >= 11 is 8.07. The molecule has 148 valence electrons. The molecule has 0 saturated heterocycles. The Balaban J connectivity index is 0.000000409. The molecule has 0 saturated carbocycles. The second-order valence-corrected chi connectivity index (χ2v) is 7.65. The van der Waals surface area contributed by atoms with Crippen molar-refractivity contribution in [2.75, 3.05) is 19.5 Å². The van der Waals surface area contributed by atoms with Gasteiger partial charge in [0.15, 0.2) is 0 Å². The molecule has 0 unspecified atom stereocenters. The number of unbranched alkanes of at least 4 members (excludes halogenated alkanes) is 1. The maximum absolute atomic E-state index is 6.33. The minimum Gasteiger partial charge on any atom is -0.385 e. The normalized spacial score (nSPS) is 12.1. The number of fused-ring (bicyclic) bond motifs is 1. The number of rotatable bonds is 5. The van der Waals surface area contributed by atoms with Crippen LogP contribution in [0, 0.1) is 0 Å².